The van der Waals surface area contributed by atoms with Gasteiger partial charge < -0.3 is 9.84 Å². The van der Waals surface area contributed by atoms with Crippen LogP contribution < -0.4 is 0 Å². The Balaban J connectivity index is 1.47. The average molecular weight is 261 g/mol. The molecule has 0 amide bonds. The van der Waals surface area contributed by atoms with Gasteiger partial charge in [-0.25, -0.2) is 0 Å². The van der Waals surface area contributed by atoms with E-state index in [2.05, 4.69) is 4.90 Å². The van der Waals surface area contributed by atoms with E-state index in [4.69, 9.17) is 4.74 Å². The summed E-state index contributed by atoms with van der Waals surface area (Å²) in [6.45, 7) is 1.54. The predicted molar refractivity (Wildman–Crippen MR) is 70.3 cm³/mol. The van der Waals surface area contributed by atoms with Gasteiger partial charge in [-0.1, -0.05) is 30.3 Å². The van der Waals surface area contributed by atoms with Crippen molar-refractivity contribution in [1.82, 2.24) is 4.90 Å². The number of aliphatic hydroxyl groups is 1. The molecule has 2 aliphatic rings. The summed E-state index contributed by atoms with van der Waals surface area (Å²) in [4.78, 5) is 13.9. The Kier molecular flexibility index (Phi) is 3.53. The molecule has 1 aromatic carbocycles. The maximum atomic E-state index is 11.8. The molecule has 3 rings (SSSR count). The van der Waals surface area contributed by atoms with E-state index in [1.807, 2.05) is 30.3 Å². The van der Waals surface area contributed by atoms with Crippen molar-refractivity contribution in [3.8, 4) is 0 Å². The molecule has 2 fully saturated rings. The van der Waals surface area contributed by atoms with Gasteiger partial charge in [-0.15, -0.1) is 0 Å². The van der Waals surface area contributed by atoms with Crippen LogP contribution in [0.5, 0.6) is 0 Å². The summed E-state index contributed by atoms with van der Waals surface area (Å²) in [6.07, 6.45) is 1.65. The fourth-order valence-electron chi connectivity index (χ4n) is 3.23. The second-order valence-electron chi connectivity index (χ2n) is 5.55. The number of aliphatic hydroxyl groups excluding tert-OH is 1. The topological polar surface area (TPSA) is 49.8 Å². The van der Waals surface area contributed by atoms with Gasteiger partial charge in [0.1, 0.15) is 6.61 Å². The molecule has 19 heavy (non-hydrogen) atoms. The fourth-order valence-corrected chi connectivity index (χ4v) is 3.23. The number of nitrogens with zero attached hydrogens (tertiary/aromatic N) is 1. The molecule has 1 aliphatic heterocycles. The van der Waals surface area contributed by atoms with Gasteiger partial charge in [-0.2, -0.15) is 0 Å². The van der Waals surface area contributed by atoms with Crippen LogP contribution in [0.2, 0.25) is 0 Å². The van der Waals surface area contributed by atoms with Crippen LogP contribution in [0.15, 0.2) is 30.3 Å². The first-order valence-electron chi connectivity index (χ1n) is 6.84. The summed E-state index contributed by atoms with van der Waals surface area (Å²) in [5, 5.41) is 9.82. The minimum atomic E-state index is -0.263. The van der Waals surface area contributed by atoms with E-state index in [1.165, 1.54) is 0 Å². The minimum Gasteiger partial charge on any atom is -0.460 e. The third-order valence-electron chi connectivity index (χ3n) is 4.13. The highest BCUT2D eigenvalue weighted by Crippen LogP contribution is 2.37. The van der Waals surface area contributed by atoms with E-state index in [0.29, 0.717) is 19.1 Å². The Labute approximate surface area is 113 Å². The lowest BCUT2D eigenvalue weighted by molar-refractivity contribution is -0.147. The van der Waals surface area contributed by atoms with E-state index < -0.39 is 0 Å². The highest BCUT2D eigenvalue weighted by molar-refractivity contribution is 5.71. The van der Waals surface area contributed by atoms with Crippen LogP contribution in [0.3, 0.4) is 0 Å². The highest BCUT2D eigenvalue weighted by atomic mass is 16.5. The zero-order chi connectivity index (χ0) is 13.2. The molecule has 0 radical (unpaired) electrons. The van der Waals surface area contributed by atoms with Gasteiger partial charge in [-0.05, 0) is 24.3 Å². The molecule has 0 aromatic heterocycles. The number of piperidine rings is 1. The van der Waals surface area contributed by atoms with Crippen molar-refractivity contribution in [2.45, 2.75) is 31.6 Å². The van der Waals surface area contributed by atoms with E-state index in [-0.39, 0.29) is 18.1 Å². The standard InChI is InChI=1S/C15H19NO3/c17-14-7-12-6-13(14)16(8-12)9-15(18)19-10-11-4-2-1-3-5-11/h1-5,12-14,17H,6-10H2/t12-,13+,14+/m1/s1. The smallest absolute Gasteiger partial charge is 0.320 e. The maximum absolute atomic E-state index is 11.8. The monoisotopic (exact) mass is 261 g/mol. The van der Waals surface area contributed by atoms with Crippen LogP contribution in [0.25, 0.3) is 0 Å². The molecule has 102 valence electrons. The predicted octanol–water partition coefficient (Wildman–Crippen LogP) is 1.18. The number of rotatable bonds is 4. The lowest BCUT2D eigenvalue weighted by Gasteiger charge is -2.29. The molecule has 1 saturated heterocycles. The Morgan fingerprint density at radius 2 is 2.11 bits per heavy atom. The van der Waals surface area contributed by atoms with Crippen molar-refractivity contribution in [3.05, 3.63) is 35.9 Å². The van der Waals surface area contributed by atoms with Gasteiger partial charge in [0.2, 0.25) is 0 Å². The number of ether oxygens (including phenoxy) is 1. The number of likely N-dealkylation sites (tertiary alicyclic amines) is 1. The number of hydrogen-bond donors (Lipinski definition) is 1. The highest BCUT2D eigenvalue weighted by Gasteiger charge is 2.44. The molecule has 0 spiro atoms. The average Bonchev–Trinajstić information content (AvgIpc) is 2.96. The quantitative estimate of drug-likeness (QED) is 0.827. The zero-order valence-corrected chi connectivity index (χ0v) is 10.9. The van der Waals surface area contributed by atoms with Crippen molar-refractivity contribution in [2.24, 2.45) is 5.92 Å². The number of carbonyl (C=O) groups excluding carboxylic acids is 1. The number of benzene rings is 1. The molecule has 3 atom stereocenters. The first kappa shape index (κ1) is 12.6. The molecule has 1 N–H and O–H groups in total. The third kappa shape index (κ3) is 2.80. The van der Waals surface area contributed by atoms with E-state index >= 15 is 0 Å². The largest absolute Gasteiger partial charge is 0.460 e. The normalized spacial score (nSPS) is 29.6. The first-order valence-corrected chi connectivity index (χ1v) is 6.84. The van der Waals surface area contributed by atoms with Crippen molar-refractivity contribution >= 4 is 5.97 Å². The molecular weight excluding hydrogens is 242 g/mol. The van der Waals surface area contributed by atoms with Crippen molar-refractivity contribution < 1.29 is 14.6 Å². The number of fused-ring (bicyclic) bond motifs is 2. The SMILES string of the molecule is O=C(CN1C[C@H]2C[C@H](O)[C@@H]1C2)OCc1ccccc1. The molecule has 4 nitrogen and oxygen atoms in total. The lowest BCUT2D eigenvalue weighted by atomic mass is 10.1. The summed E-state index contributed by atoms with van der Waals surface area (Å²) in [5.74, 6) is 0.352. The molecule has 1 heterocycles. The zero-order valence-electron chi connectivity index (χ0n) is 10.9. The fraction of sp³-hybridized carbons (Fsp3) is 0.533. The van der Waals surface area contributed by atoms with Crippen molar-refractivity contribution in [1.29, 1.82) is 0 Å². The van der Waals surface area contributed by atoms with Crippen LogP contribution in [0.1, 0.15) is 18.4 Å². The summed E-state index contributed by atoms with van der Waals surface area (Å²) in [6, 6.07) is 9.84. The molecule has 1 aromatic rings. The number of hydrogen-bond acceptors (Lipinski definition) is 4. The first-order chi connectivity index (χ1) is 9.22. The molecule has 0 unspecified atom stereocenters. The van der Waals surface area contributed by atoms with Crippen LogP contribution >= 0.6 is 0 Å². The Hall–Kier alpha value is -1.39. The minimum absolute atomic E-state index is 0.161. The van der Waals surface area contributed by atoms with Crippen LogP contribution in [0.4, 0.5) is 0 Å². The summed E-state index contributed by atoms with van der Waals surface area (Å²) >= 11 is 0. The van der Waals surface area contributed by atoms with Crippen LogP contribution in [0, 0.1) is 5.92 Å². The van der Waals surface area contributed by atoms with Gasteiger partial charge in [0.15, 0.2) is 0 Å². The summed E-state index contributed by atoms with van der Waals surface area (Å²) in [5.41, 5.74) is 0.999. The molecule has 2 bridgehead atoms. The Morgan fingerprint density at radius 1 is 1.32 bits per heavy atom. The van der Waals surface area contributed by atoms with Crippen molar-refractivity contribution in [3.63, 3.8) is 0 Å². The van der Waals surface area contributed by atoms with Crippen LogP contribution in [-0.4, -0.2) is 41.2 Å². The number of carbonyl (C=O) groups is 1. The van der Waals surface area contributed by atoms with Gasteiger partial charge in [-0.3, -0.25) is 9.69 Å². The van der Waals surface area contributed by atoms with Gasteiger partial charge in [0.25, 0.3) is 0 Å². The second-order valence-corrected chi connectivity index (χ2v) is 5.55. The van der Waals surface area contributed by atoms with Gasteiger partial charge in [0, 0.05) is 12.6 Å². The van der Waals surface area contributed by atoms with E-state index in [9.17, 15) is 9.90 Å². The second kappa shape index (κ2) is 5.31. The molecule has 1 aliphatic carbocycles. The maximum Gasteiger partial charge on any atom is 0.320 e. The van der Waals surface area contributed by atoms with E-state index in [0.717, 1.165) is 24.9 Å². The van der Waals surface area contributed by atoms with Crippen LogP contribution in [-0.2, 0) is 16.1 Å². The Bertz CT molecular complexity index is 448. The van der Waals surface area contributed by atoms with E-state index in [1.54, 1.807) is 0 Å². The summed E-state index contributed by atoms with van der Waals surface area (Å²) < 4.78 is 5.27. The lowest BCUT2D eigenvalue weighted by Crippen LogP contribution is -2.43. The summed E-state index contributed by atoms with van der Waals surface area (Å²) in [7, 11) is 0. The van der Waals surface area contributed by atoms with Crippen molar-refractivity contribution in [2.75, 3.05) is 13.1 Å². The molecule has 4 heteroatoms. The third-order valence-corrected chi connectivity index (χ3v) is 4.13. The number of esters is 1. The van der Waals surface area contributed by atoms with Gasteiger partial charge in [0.05, 0.1) is 12.6 Å². The van der Waals surface area contributed by atoms with Gasteiger partial charge >= 0.3 is 5.97 Å². The molecular formula is C15H19NO3. The Morgan fingerprint density at radius 3 is 2.79 bits per heavy atom. The molecule has 1 saturated carbocycles.